The lowest BCUT2D eigenvalue weighted by Crippen LogP contribution is -2.21. The van der Waals surface area contributed by atoms with Crippen molar-refractivity contribution in [2.24, 2.45) is 0 Å². The summed E-state index contributed by atoms with van der Waals surface area (Å²) in [5.74, 6) is -0.907. The van der Waals surface area contributed by atoms with Crippen LogP contribution in [0.2, 0.25) is 0 Å². The van der Waals surface area contributed by atoms with E-state index in [1.807, 2.05) is 49.4 Å². The molecule has 0 aliphatic rings. The fraction of sp³-hybridized carbons (Fsp3) is 0.0714. The van der Waals surface area contributed by atoms with Gasteiger partial charge in [0.2, 0.25) is 0 Å². The molecule has 0 amide bonds. The molecule has 0 unspecified atom stereocenters. The Labute approximate surface area is 196 Å². The maximum atomic E-state index is 13.5. The highest BCUT2D eigenvalue weighted by Gasteiger charge is 2.10. The van der Waals surface area contributed by atoms with E-state index in [1.165, 1.54) is 18.2 Å². The number of hydrogen-bond donors (Lipinski definition) is 2. The highest BCUT2D eigenvalue weighted by atomic mass is 19.1. The molecule has 170 valence electrons. The number of nitrogens with zero attached hydrogens (tertiary/aromatic N) is 1. The summed E-state index contributed by atoms with van der Waals surface area (Å²) >= 11 is 0. The van der Waals surface area contributed by atoms with Crippen molar-refractivity contribution >= 4 is 24.2 Å². The molecule has 0 fully saturated rings. The smallest absolute Gasteiger partial charge is 0.336 e. The molecule has 0 aliphatic heterocycles. The van der Waals surface area contributed by atoms with Crippen molar-refractivity contribution < 1.29 is 19.0 Å². The molecule has 0 aliphatic carbocycles. The number of aromatic nitrogens is 2. The van der Waals surface area contributed by atoms with Crippen molar-refractivity contribution in [3.05, 3.63) is 106 Å². The van der Waals surface area contributed by atoms with Gasteiger partial charge in [-0.1, -0.05) is 55.1 Å². The molecule has 0 atom stereocenters. The lowest BCUT2D eigenvalue weighted by Gasteiger charge is -2.05. The number of aromatic carboxylic acids is 1. The zero-order chi connectivity index (χ0) is 24.2. The maximum Gasteiger partial charge on any atom is 0.336 e. The van der Waals surface area contributed by atoms with Gasteiger partial charge in [0, 0.05) is 0 Å². The number of imidazole rings is 1. The molecule has 1 heterocycles. The quantitative estimate of drug-likeness (QED) is 0.414. The van der Waals surface area contributed by atoms with E-state index in [2.05, 4.69) is 16.5 Å². The first-order chi connectivity index (χ1) is 16.3. The van der Waals surface area contributed by atoms with Crippen molar-refractivity contribution in [1.29, 1.82) is 0 Å². The zero-order valence-electron chi connectivity index (χ0n) is 18.8. The number of carboxylic acid groups (broad SMARTS) is 1. The van der Waals surface area contributed by atoms with Crippen LogP contribution in [-0.2, 0) is 0 Å². The van der Waals surface area contributed by atoms with Gasteiger partial charge in [-0.2, -0.15) is 4.98 Å². The standard InChI is InChI=1S/C28H23FN2O3/c1-17(20-9-11-21(12-10-20)22-5-4-6-23(29)15-22)8-14-26-19(3)30-28(31-26)34-24-13-7-18(2)25(16-24)27(32)33/h4-16H,3H2,1-2H3,(H,30,31)(H,32,33)/b17-8+,26-14+. The summed E-state index contributed by atoms with van der Waals surface area (Å²) < 4.78 is 19.2. The van der Waals surface area contributed by atoms with Gasteiger partial charge in [-0.15, -0.1) is 0 Å². The van der Waals surface area contributed by atoms with Gasteiger partial charge in [0.25, 0.3) is 6.01 Å². The molecule has 2 N–H and O–H groups in total. The van der Waals surface area contributed by atoms with Crippen molar-refractivity contribution in [2.45, 2.75) is 13.8 Å². The Morgan fingerprint density at radius 1 is 1.09 bits per heavy atom. The Balaban J connectivity index is 1.53. The van der Waals surface area contributed by atoms with Crippen molar-refractivity contribution in [3.63, 3.8) is 0 Å². The summed E-state index contributed by atoms with van der Waals surface area (Å²) in [7, 11) is 0. The number of rotatable bonds is 6. The Kier molecular flexibility index (Phi) is 6.41. The van der Waals surface area contributed by atoms with Crippen LogP contribution >= 0.6 is 0 Å². The molecule has 3 aromatic carbocycles. The highest BCUT2D eigenvalue weighted by molar-refractivity contribution is 5.89. The van der Waals surface area contributed by atoms with Crippen LogP contribution in [0.25, 0.3) is 29.4 Å². The predicted molar refractivity (Wildman–Crippen MR) is 132 cm³/mol. The second-order valence-corrected chi connectivity index (χ2v) is 7.89. The van der Waals surface area contributed by atoms with Crippen LogP contribution in [0.4, 0.5) is 4.39 Å². The van der Waals surface area contributed by atoms with Gasteiger partial charge in [0.15, 0.2) is 0 Å². The van der Waals surface area contributed by atoms with E-state index in [9.17, 15) is 14.3 Å². The van der Waals surface area contributed by atoms with E-state index in [-0.39, 0.29) is 17.4 Å². The fourth-order valence-corrected chi connectivity index (χ4v) is 3.48. The SMILES string of the molecule is C=c1[nH]c(Oc2ccc(C)c(C(=O)O)c2)n/c1=C/C=C(\C)c1ccc(-c2cccc(F)c2)cc1. The summed E-state index contributed by atoms with van der Waals surface area (Å²) in [5, 5.41) is 10.5. The number of allylic oxidation sites excluding steroid dienone is 2. The van der Waals surface area contributed by atoms with Gasteiger partial charge < -0.3 is 14.8 Å². The number of aryl methyl sites for hydroxylation is 1. The summed E-state index contributed by atoms with van der Waals surface area (Å²) in [4.78, 5) is 18.7. The Morgan fingerprint density at radius 2 is 1.85 bits per heavy atom. The minimum absolute atomic E-state index is 0.174. The summed E-state index contributed by atoms with van der Waals surface area (Å²) in [6.45, 7) is 7.68. The predicted octanol–water partition coefficient (Wildman–Crippen LogP) is 5.31. The molecule has 0 radical (unpaired) electrons. The number of aromatic amines is 1. The van der Waals surface area contributed by atoms with E-state index in [0.29, 0.717) is 22.0 Å². The first-order valence-electron chi connectivity index (χ1n) is 10.6. The average Bonchev–Trinajstić information content (AvgIpc) is 3.17. The summed E-state index contributed by atoms with van der Waals surface area (Å²) in [6.07, 6.45) is 3.76. The molecule has 1 aromatic heterocycles. The van der Waals surface area contributed by atoms with E-state index in [0.717, 1.165) is 22.3 Å². The van der Waals surface area contributed by atoms with Gasteiger partial charge in [-0.25, -0.2) is 9.18 Å². The average molecular weight is 455 g/mol. The van der Waals surface area contributed by atoms with Crippen LogP contribution in [0, 0.1) is 12.7 Å². The van der Waals surface area contributed by atoms with E-state index < -0.39 is 5.97 Å². The van der Waals surface area contributed by atoms with Gasteiger partial charge in [-0.3, -0.25) is 0 Å². The molecular formula is C28H23FN2O3. The number of H-pyrrole nitrogens is 1. The van der Waals surface area contributed by atoms with E-state index >= 15 is 0 Å². The number of carbonyl (C=O) groups is 1. The normalized spacial score (nSPS) is 12.1. The molecular weight excluding hydrogens is 431 g/mol. The van der Waals surface area contributed by atoms with E-state index in [1.54, 1.807) is 25.1 Å². The van der Waals surface area contributed by atoms with Gasteiger partial charge in [0.05, 0.1) is 16.3 Å². The first-order valence-corrected chi connectivity index (χ1v) is 10.6. The minimum atomic E-state index is -1.01. The Morgan fingerprint density at radius 3 is 2.56 bits per heavy atom. The lowest BCUT2D eigenvalue weighted by molar-refractivity contribution is 0.0695. The summed E-state index contributed by atoms with van der Waals surface area (Å²) in [6, 6.07) is 19.5. The molecule has 4 aromatic rings. The maximum absolute atomic E-state index is 13.5. The van der Waals surface area contributed by atoms with Crippen molar-refractivity contribution in [2.75, 3.05) is 0 Å². The molecule has 0 saturated carbocycles. The highest BCUT2D eigenvalue weighted by Crippen LogP contribution is 2.23. The van der Waals surface area contributed by atoms with Crippen LogP contribution in [0.1, 0.15) is 28.4 Å². The van der Waals surface area contributed by atoms with Gasteiger partial charge in [-0.05, 0) is 72.0 Å². The van der Waals surface area contributed by atoms with Crippen LogP contribution in [0.15, 0.2) is 72.8 Å². The van der Waals surface area contributed by atoms with Crippen molar-refractivity contribution in [3.8, 4) is 22.9 Å². The number of ether oxygens (including phenoxy) is 1. The Hall–Kier alpha value is -4.45. The monoisotopic (exact) mass is 454 g/mol. The molecule has 34 heavy (non-hydrogen) atoms. The Bertz CT molecular complexity index is 1500. The molecule has 4 rings (SSSR count). The van der Waals surface area contributed by atoms with Crippen LogP contribution in [0.5, 0.6) is 11.8 Å². The number of carboxylic acids is 1. The van der Waals surface area contributed by atoms with Crippen LogP contribution < -0.4 is 15.4 Å². The number of benzene rings is 3. The third kappa shape index (κ3) is 5.13. The molecule has 0 spiro atoms. The topological polar surface area (TPSA) is 75.2 Å². The number of nitrogens with one attached hydrogen (secondary N) is 1. The lowest BCUT2D eigenvalue weighted by atomic mass is 10.0. The molecule has 5 nitrogen and oxygen atoms in total. The summed E-state index contributed by atoms with van der Waals surface area (Å²) in [5.41, 5.74) is 4.63. The van der Waals surface area contributed by atoms with Gasteiger partial charge >= 0.3 is 5.97 Å². The molecule has 0 saturated heterocycles. The fourth-order valence-electron chi connectivity index (χ4n) is 3.48. The molecule has 0 bridgehead atoms. The number of halogens is 1. The minimum Gasteiger partial charge on any atom is -0.478 e. The third-order valence-corrected chi connectivity index (χ3v) is 5.43. The zero-order valence-corrected chi connectivity index (χ0v) is 18.8. The second kappa shape index (κ2) is 9.58. The second-order valence-electron chi connectivity index (χ2n) is 7.89. The van der Waals surface area contributed by atoms with E-state index in [4.69, 9.17) is 4.74 Å². The first kappa shape index (κ1) is 22.7. The van der Waals surface area contributed by atoms with Crippen LogP contribution in [0.3, 0.4) is 0 Å². The third-order valence-electron chi connectivity index (χ3n) is 5.43. The van der Waals surface area contributed by atoms with Crippen LogP contribution in [-0.4, -0.2) is 21.0 Å². The molecule has 6 heteroatoms. The van der Waals surface area contributed by atoms with Crippen molar-refractivity contribution in [1.82, 2.24) is 9.97 Å². The van der Waals surface area contributed by atoms with Gasteiger partial charge in [0.1, 0.15) is 11.6 Å². The largest absolute Gasteiger partial charge is 0.478 e. The number of hydrogen-bond acceptors (Lipinski definition) is 3.